The standard InChI is InChI=1S/C27H27N3O4S3/c1-3-12-34-23-10-9-19(14-18(23)2)25-20(16-29(28-25)21-7-5-4-6-8-21)15-24-26(31)30(27(35)36-24)22-11-13-37(32,33)17-22/h4-10,14-16,22H,3,11-13,17H2,1-2H3/b24-15-. The Hall–Kier alpha value is -2.95. The number of thiocarbonyl (C=S) groups is 1. The van der Waals surface area contributed by atoms with E-state index in [0.717, 1.165) is 40.2 Å². The van der Waals surface area contributed by atoms with Gasteiger partial charge in [-0.3, -0.25) is 9.69 Å². The summed E-state index contributed by atoms with van der Waals surface area (Å²) in [5, 5.41) is 4.87. The second-order valence-corrected chi connectivity index (χ2v) is 13.1. The van der Waals surface area contributed by atoms with Crippen molar-refractivity contribution in [3.8, 4) is 22.7 Å². The zero-order chi connectivity index (χ0) is 26.2. The van der Waals surface area contributed by atoms with Crippen LogP contribution in [0.25, 0.3) is 23.0 Å². The minimum Gasteiger partial charge on any atom is -0.493 e. The average molecular weight is 554 g/mol. The number of hydrogen-bond donors (Lipinski definition) is 0. The molecule has 5 rings (SSSR count). The van der Waals surface area contributed by atoms with Gasteiger partial charge < -0.3 is 4.74 Å². The molecule has 1 aromatic heterocycles. The summed E-state index contributed by atoms with van der Waals surface area (Å²) in [6.45, 7) is 4.72. The van der Waals surface area contributed by atoms with Crippen LogP contribution in [-0.2, 0) is 14.6 Å². The third kappa shape index (κ3) is 5.37. The lowest BCUT2D eigenvalue weighted by molar-refractivity contribution is -0.123. The van der Waals surface area contributed by atoms with Gasteiger partial charge in [-0.15, -0.1) is 0 Å². The Labute approximate surface area is 226 Å². The number of benzene rings is 2. The lowest BCUT2D eigenvalue weighted by Gasteiger charge is -2.20. The van der Waals surface area contributed by atoms with Gasteiger partial charge in [0.25, 0.3) is 5.91 Å². The van der Waals surface area contributed by atoms with E-state index in [1.165, 1.54) is 16.7 Å². The highest BCUT2D eigenvalue weighted by Crippen LogP contribution is 2.38. The quantitative estimate of drug-likeness (QED) is 0.300. The first-order valence-electron chi connectivity index (χ1n) is 12.1. The molecule has 7 nitrogen and oxygen atoms in total. The summed E-state index contributed by atoms with van der Waals surface area (Å²) < 4.78 is 32.0. The van der Waals surface area contributed by atoms with Gasteiger partial charge >= 0.3 is 0 Å². The van der Waals surface area contributed by atoms with Crippen LogP contribution in [0.15, 0.2) is 59.6 Å². The number of ether oxygens (including phenoxy) is 1. The largest absolute Gasteiger partial charge is 0.493 e. The molecule has 0 saturated carbocycles. The SMILES string of the molecule is CCCOc1ccc(-c2nn(-c3ccccc3)cc2/C=C2\SC(=S)N(C3CCS(=O)(=O)C3)C2=O)cc1C. The highest BCUT2D eigenvalue weighted by Gasteiger charge is 2.42. The third-order valence-corrected chi connectivity index (χ3v) is 9.44. The van der Waals surface area contributed by atoms with E-state index < -0.39 is 15.9 Å². The van der Waals surface area contributed by atoms with Crippen LogP contribution in [0.1, 0.15) is 30.9 Å². The number of thioether (sulfide) groups is 1. The molecule has 1 amide bonds. The fourth-order valence-corrected chi connectivity index (χ4v) is 7.61. The van der Waals surface area contributed by atoms with Gasteiger partial charge in [0.05, 0.1) is 34.7 Å². The molecule has 2 saturated heterocycles. The number of carbonyl (C=O) groups excluding carboxylic acids is 1. The Kier molecular flexibility index (Phi) is 7.24. The second-order valence-electron chi connectivity index (χ2n) is 9.15. The Bertz CT molecular complexity index is 1500. The summed E-state index contributed by atoms with van der Waals surface area (Å²) in [5.41, 5.74) is 4.29. The summed E-state index contributed by atoms with van der Waals surface area (Å²) in [7, 11) is -3.15. The number of para-hydroxylation sites is 1. The number of hydrogen-bond acceptors (Lipinski definition) is 7. The van der Waals surface area contributed by atoms with Crippen LogP contribution in [0, 0.1) is 6.92 Å². The van der Waals surface area contributed by atoms with Gasteiger partial charge in [0, 0.05) is 17.3 Å². The molecule has 1 unspecified atom stereocenters. The van der Waals surface area contributed by atoms with Crippen molar-refractivity contribution in [3.05, 3.63) is 70.8 Å². The van der Waals surface area contributed by atoms with Crippen LogP contribution >= 0.6 is 24.0 Å². The van der Waals surface area contributed by atoms with Crippen LogP contribution in [0.2, 0.25) is 0 Å². The van der Waals surface area contributed by atoms with Crippen molar-refractivity contribution in [1.29, 1.82) is 0 Å². The lowest BCUT2D eigenvalue weighted by atomic mass is 10.0. The first kappa shape index (κ1) is 25.7. The Morgan fingerprint density at radius 1 is 1.22 bits per heavy atom. The molecule has 2 aliphatic rings. The number of aryl methyl sites for hydroxylation is 1. The summed E-state index contributed by atoms with van der Waals surface area (Å²) in [6, 6.07) is 15.3. The van der Waals surface area contributed by atoms with Gasteiger partial charge in [-0.05, 0) is 61.7 Å². The molecule has 0 aliphatic carbocycles. The normalized spacial score (nSPS) is 20.2. The second kappa shape index (κ2) is 10.4. The van der Waals surface area contributed by atoms with Crippen LogP contribution in [-0.4, -0.2) is 57.5 Å². The van der Waals surface area contributed by atoms with E-state index in [-0.39, 0.29) is 17.4 Å². The zero-order valence-corrected chi connectivity index (χ0v) is 23.0. The van der Waals surface area contributed by atoms with Crippen molar-refractivity contribution in [2.75, 3.05) is 18.1 Å². The number of nitrogens with zero attached hydrogens (tertiary/aromatic N) is 3. The maximum absolute atomic E-state index is 13.4. The summed E-state index contributed by atoms with van der Waals surface area (Å²) in [6.07, 6.45) is 5.04. The van der Waals surface area contributed by atoms with Gasteiger partial charge in [-0.25, -0.2) is 13.1 Å². The number of aromatic nitrogens is 2. The van der Waals surface area contributed by atoms with Gasteiger partial charge in [-0.1, -0.05) is 49.1 Å². The molecule has 0 N–H and O–H groups in total. The van der Waals surface area contributed by atoms with Crippen LogP contribution < -0.4 is 4.74 Å². The first-order valence-corrected chi connectivity index (χ1v) is 15.2. The zero-order valence-electron chi connectivity index (χ0n) is 20.6. The number of rotatable bonds is 7. The number of amides is 1. The number of carbonyl (C=O) groups is 1. The predicted molar refractivity (Wildman–Crippen MR) is 152 cm³/mol. The van der Waals surface area contributed by atoms with E-state index in [1.807, 2.05) is 61.7 Å². The summed E-state index contributed by atoms with van der Waals surface area (Å²) in [4.78, 5) is 15.3. The summed E-state index contributed by atoms with van der Waals surface area (Å²) in [5.74, 6) is 0.617. The van der Waals surface area contributed by atoms with Crippen molar-refractivity contribution in [2.24, 2.45) is 0 Å². The molecule has 2 aliphatic heterocycles. The van der Waals surface area contributed by atoms with Crippen molar-refractivity contribution in [2.45, 2.75) is 32.7 Å². The van der Waals surface area contributed by atoms with E-state index in [9.17, 15) is 13.2 Å². The molecule has 0 spiro atoms. The summed E-state index contributed by atoms with van der Waals surface area (Å²) >= 11 is 6.70. The Balaban J connectivity index is 1.53. The average Bonchev–Trinajstić information content (AvgIpc) is 3.54. The van der Waals surface area contributed by atoms with Crippen molar-refractivity contribution in [1.82, 2.24) is 14.7 Å². The van der Waals surface area contributed by atoms with Crippen LogP contribution in [0.5, 0.6) is 5.75 Å². The molecule has 3 heterocycles. The molecule has 3 aromatic rings. The third-order valence-electron chi connectivity index (χ3n) is 6.36. The maximum atomic E-state index is 13.4. The van der Waals surface area contributed by atoms with Crippen molar-refractivity contribution in [3.63, 3.8) is 0 Å². The highest BCUT2D eigenvalue weighted by atomic mass is 32.2. The molecule has 1 atom stereocenters. The minimum atomic E-state index is -3.15. The van der Waals surface area contributed by atoms with Crippen molar-refractivity contribution >= 4 is 50.1 Å². The van der Waals surface area contributed by atoms with E-state index in [4.69, 9.17) is 22.1 Å². The fraction of sp³-hybridized carbons (Fsp3) is 0.296. The van der Waals surface area contributed by atoms with Gasteiger partial charge in [0.15, 0.2) is 9.84 Å². The van der Waals surface area contributed by atoms with Gasteiger partial charge in [0.2, 0.25) is 0 Å². The Morgan fingerprint density at radius 2 is 2.00 bits per heavy atom. The van der Waals surface area contributed by atoms with E-state index >= 15 is 0 Å². The monoisotopic (exact) mass is 553 g/mol. The fourth-order valence-electron chi connectivity index (χ4n) is 4.52. The lowest BCUT2D eigenvalue weighted by Crippen LogP contribution is -2.39. The van der Waals surface area contributed by atoms with E-state index in [1.54, 1.807) is 10.8 Å². The smallest absolute Gasteiger partial charge is 0.266 e. The number of sulfone groups is 1. The van der Waals surface area contributed by atoms with Gasteiger partial charge in [0.1, 0.15) is 15.8 Å². The van der Waals surface area contributed by atoms with Gasteiger partial charge in [-0.2, -0.15) is 5.10 Å². The molecular weight excluding hydrogens is 527 g/mol. The highest BCUT2D eigenvalue weighted by molar-refractivity contribution is 8.26. The van der Waals surface area contributed by atoms with Crippen LogP contribution in [0.3, 0.4) is 0 Å². The molecule has 0 bridgehead atoms. The molecule has 10 heteroatoms. The molecule has 2 aromatic carbocycles. The van der Waals surface area contributed by atoms with Crippen LogP contribution in [0.4, 0.5) is 0 Å². The molecule has 192 valence electrons. The molecule has 0 radical (unpaired) electrons. The molecule has 37 heavy (non-hydrogen) atoms. The first-order chi connectivity index (χ1) is 17.8. The minimum absolute atomic E-state index is 0.0460. The van der Waals surface area contributed by atoms with E-state index in [2.05, 4.69) is 6.92 Å². The molecular formula is C27H27N3O4S3. The van der Waals surface area contributed by atoms with Crippen molar-refractivity contribution < 1.29 is 17.9 Å². The maximum Gasteiger partial charge on any atom is 0.266 e. The topological polar surface area (TPSA) is 81.5 Å². The molecule has 2 fully saturated rings. The van der Waals surface area contributed by atoms with E-state index in [0.29, 0.717) is 22.3 Å². The predicted octanol–water partition coefficient (Wildman–Crippen LogP) is 5.02. The Morgan fingerprint density at radius 3 is 2.68 bits per heavy atom.